The molecule has 1 fully saturated rings. The molecule has 1 aromatic carbocycles. The lowest BCUT2D eigenvalue weighted by molar-refractivity contribution is -0.144. The number of methoxy groups -OCH3 is 1. The molecule has 0 saturated carbocycles. The molecule has 1 atom stereocenters. The third-order valence-corrected chi connectivity index (χ3v) is 6.41. The van der Waals surface area contributed by atoms with Crippen molar-refractivity contribution in [3.63, 3.8) is 0 Å². The standard InChI is InChI=1S/C21H24N4O4/c1-28-16-4-2-3-14-15(11-17(26)23-18(14)16)20(27)25-8-6-21(7-9-25)19-13(5-10-29-21)12-22-24-19/h2-4,12,15H,5-11H2,1H3,(H,22,24)(H,23,26). The molecule has 4 heterocycles. The average molecular weight is 396 g/mol. The summed E-state index contributed by atoms with van der Waals surface area (Å²) in [6.45, 7) is 1.86. The number of aromatic amines is 1. The Bertz CT molecular complexity index is 961. The minimum absolute atomic E-state index is 0.00940. The number of amides is 2. The van der Waals surface area contributed by atoms with Crippen molar-refractivity contribution in [2.45, 2.75) is 37.2 Å². The first-order valence-corrected chi connectivity index (χ1v) is 10.0. The van der Waals surface area contributed by atoms with E-state index >= 15 is 0 Å². The summed E-state index contributed by atoms with van der Waals surface area (Å²) in [5.74, 6) is -0.0809. The van der Waals surface area contributed by atoms with E-state index in [-0.39, 0.29) is 23.8 Å². The molecule has 29 heavy (non-hydrogen) atoms. The van der Waals surface area contributed by atoms with Crippen LogP contribution in [0.2, 0.25) is 0 Å². The fourth-order valence-electron chi connectivity index (χ4n) is 4.88. The zero-order valence-corrected chi connectivity index (χ0v) is 16.4. The second-order valence-electron chi connectivity index (χ2n) is 7.92. The van der Waals surface area contributed by atoms with Crippen LogP contribution in [0.5, 0.6) is 5.75 Å². The average Bonchev–Trinajstić information content (AvgIpc) is 3.23. The number of hydrogen-bond acceptors (Lipinski definition) is 5. The SMILES string of the molecule is COc1cccc2c1NC(=O)CC2C(=O)N1CCC2(CC1)OCCc1cn[nH]c12. The molecule has 2 amide bonds. The Morgan fingerprint density at radius 1 is 1.34 bits per heavy atom. The monoisotopic (exact) mass is 396 g/mol. The molecule has 0 aliphatic carbocycles. The number of likely N-dealkylation sites (tertiary alicyclic amines) is 1. The van der Waals surface area contributed by atoms with Gasteiger partial charge < -0.3 is 19.7 Å². The number of aromatic nitrogens is 2. The second kappa shape index (κ2) is 6.88. The second-order valence-corrected chi connectivity index (χ2v) is 7.92. The summed E-state index contributed by atoms with van der Waals surface area (Å²) in [6, 6.07) is 5.54. The van der Waals surface area contributed by atoms with E-state index in [1.54, 1.807) is 13.2 Å². The van der Waals surface area contributed by atoms with Crippen molar-refractivity contribution in [1.82, 2.24) is 15.1 Å². The number of para-hydroxylation sites is 1. The normalized spacial score (nSPS) is 22.6. The molecule has 0 bridgehead atoms. The van der Waals surface area contributed by atoms with Crippen LogP contribution in [-0.4, -0.2) is 53.7 Å². The van der Waals surface area contributed by atoms with Crippen LogP contribution in [0, 0.1) is 0 Å². The van der Waals surface area contributed by atoms with Crippen LogP contribution in [0.4, 0.5) is 5.69 Å². The highest BCUT2D eigenvalue weighted by atomic mass is 16.5. The first-order chi connectivity index (χ1) is 14.1. The fraction of sp³-hybridized carbons (Fsp3) is 0.476. The van der Waals surface area contributed by atoms with Crippen LogP contribution in [-0.2, 0) is 26.3 Å². The van der Waals surface area contributed by atoms with E-state index in [9.17, 15) is 9.59 Å². The van der Waals surface area contributed by atoms with Gasteiger partial charge in [0.05, 0.1) is 37.2 Å². The molecule has 1 unspecified atom stereocenters. The maximum absolute atomic E-state index is 13.4. The number of anilines is 1. The molecular formula is C21H24N4O4. The molecule has 8 heteroatoms. The van der Waals surface area contributed by atoms with Gasteiger partial charge in [0.25, 0.3) is 0 Å². The summed E-state index contributed by atoms with van der Waals surface area (Å²) < 4.78 is 11.5. The minimum atomic E-state index is -0.488. The highest BCUT2D eigenvalue weighted by molar-refractivity contribution is 6.02. The van der Waals surface area contributed by atoms with Gasteiger partial charge >= 0.3 is 0 Å². The highest BCUT2D eigenvalue weighted by Gasteiger charge is 2.44. The van der Waals surface area contributed by atoms with Crippen molar-refractivity contribution in [1.29, 1.82) is 0 Å². The van der Waals surface area contributed by atoms with Crippen LogP contribution >= 0.6 is 0 Å². The molecule has 0 radical (unpaired) electrons. The first kappa shape index (κ1) is 18.2. The molecule has 152 valence electrons. The Labute approximate surface area is 168 Å². The van der Waals surface area contributed by atoms with Gasteiger partial charge in [0.2, 0.25) is 11.8 Å². The fourth-order valence-corrected chi connectivity index (χ4v) is 4.88. The number of hydrogen-bond donors (Lipinski definition) is 2. The Balaban J connectivity index is 1.37. The van der Waals surface area contributed by atoms with Crippen LogP contribution in [0.25, 0.3) is 0 Å². The number of nitrogens with one attached hydrogen (secondary N) is 2. The summed E-state index contributed by atoms with van der Waals surface area (Å²) >= 11 is 0. The maximum atomic E-state index is 13.4. The van der Waals surface area contributed by atoms with E-state index in [1.165, 1.54) is 5.56 Å². The Hall–Kier alpha value is -2.87. The smallest absolute Gasteiger partial charge is 0.230 e. The molecule has 3 aliphatic rings. The summed E-state index contributed by atoms with van der Waals surface area (Å²) in [6.07, 6.45) is 4.34. The lowest BCUT2D eigenvalue weighted by Gasteiger charge is -2.44. The quantitative estimate of drug-likeness (QED) is 0.809. The predicted molar refractivity (Wildman–Crippen MR) is 105 cm³/mol. The topological polar surface area (TPSA) is 96.6 Å². The van der Waals surface area contributed by atoms with E-state index in [4.69, 9.17) is 9.47 Å². The molecule has 2 aromatic rings. The number of piperidine rings is 1. The van der Waals surface area contributed by atoms with Gasteiger partial charge in [-0.2, -0.15) is 5.10 Å². The van der Waals surface area contributed by atoms with E-state index in [2.05, 4.69) is 15.5 Å². The summed E-state index contributed by atoms with van der Waals surface area (Å²) in [4.78, 5) is 27.5. The van der Waals surface area contributed by atoms with Gasteiger partial charge in [0, 0.05) is 19.5 Å². The molecule has 2 N–H and O–H groups in total. The maximum Gasteiger partial charge on any atom is 0.230 e. The summed E-state index contributed by atoms with van der Waals surface area (Å²) in [7, 11) is 1.56. The minimum Gasteiger partial charge on any atom is -0.495 e. The zero-order chi connectivity index (χ0) is 20.0. The molecule has 3 aliphatic heterocycles. The number of H-pyrrole nitrogens is 1. The van der Waals surface area contributed by atoms with Gasteiger partial charge in [-0.1, -0.05) is 12.1 Å². The van der Waals surface area contributed by atoms with Gasteiger partial charge in [-0.05, 0) is 36.5 Å². The number of nitrogens with zero attached hydrogens (tertiary/aromatic N) is 2. The van der Waals surface area contributed by atoms with Crippen molar-refractivity contribution in [3.8, 4) is 5.75 Å². The molecular weight excluding hydrogens is 372 g/mol. The number of benzene rings is 1. The third kappa shape index (κ3) is 2.90. The Morgan fingerprint density at radius 3 is 2.97 bits per heavy atom. The molecule has 1 saturated heterocycles. The van der Waals surface area contributed by atoms with E-state index in [1.807, 2.05) is 23.2 Å². The van der Waals surface area contributed by atoms with E-state index in [0.717, 1.165) is 30.5 Å². The summed E-state index contributed by atoms with van der Waals surface area (Å²) in [5.41, 5.74) is 3.31. The molecule has 8 nitrogen and oxygen atoms in total. The van der Waals surface area contributed by atoms with Crippen molar-refractivity contribution in [2.24, 2.45) is 0 Å². The number of rotatable bonds is 2. The number of carbonyl (C=O) groups is 2. The Kier molecular flexibility index (Phi) is 4.31. The summed E-state index contributed by atoms with van der Waals surface area (Å²) in [5, 5.41) is 10.2. The third-order valence-electron chi connectivity index (χ3n) is 6.41. The van der Waals surface area contributed by atoms with Crippen molar-refractivity contribution in [2.75, 3.05) is 32.1 Å². The zero-order valence-electron chi connectivity index (χ0n) is 16.4. The van der Waals surface area contributed by atoms with Gasteiger partial charge in [-0.15, -0.1) is 0 Å². The predicted octanol–water partition coefficient (Wildman–Crippen LogP) is 1.93. The Morgan fingerprint density at radius 2 is 2.17 bits per heavy atom. The van der Waals surface area contributed by atoms with Gasteiger partial charge in [0.1, 0.15) is 11.4 Å². The molecule has 5 rings (SSSR count). The lowest BCUT2D eigenvalue weighted by Crippen LogP contribution is -2.50. The van der Waals surface area contributed by atoms with Gasteiger partial charge in [0.15, 0.2) is 0 Å². The van der Waals surface area contributed by atoms with Crippen LogP contribution in [0.1, 0.15) is 42.0 Å². The van der Waals surface area contributed by atoms with E-state index < -0.39 is 5.92 Å². The van der Waals surface area contributed by atoms with E-state index in [0.29, 0.717) is 31.1 Å². The number of fused-ring (bicyclic) bond motifs is 3. The van der Waals surface area contributed by atoms with Gasteiger partial charge in [-0.25, -0.2) is 0 Å². The van der Waals surface area contributed by atoms with Crippen molar-refractivity contribution >= 4 is 17.5 Å². The molecule has 1 spiro atoms. The largest absolute Gasteiger partial charge is 0.495 e. The van der Waals surface area contributed by atoms with Crippen LogP contribution < -0.4 is 10.1 Å². The van der Waals surface area contributed by atoms with Crippen LogP contribution in [0.15, 0.2) is 24.4 Å². The number of ether oxygens (including phenoxy) is 2. The van der Waals surface area contributed by atoms with Crippen molar-refractivity contribution in [3.05, 3.63) is 41.2 Å². The van der Waals surface area contributed by atoms with Gasteiger partial charge in [-0.3, -0.25) is 14.7 Å². The molecule has 1 aromatic heterocycles. The van der Waals surface area contributed by atoms with Crippen LogP contribution in [0.3, 0.4) is 0 Å². The number of carbonyl (C=O) groups excluding carboxylic acids is 2. The highest BCUT2D eigenvalue weighted by Crippen LogP contribution is 2.43. The lowest BCUT2D eigenvalue weighted by atomic mass is 9.82. The van der Waals surface area contributed by atoms with Crippen molar-refractivity contribution < 1.29 is 19.1 Å². The first-order valence-electron chi connectivity index (χ1n) is 10.0.